The fourth-order valence-corrected chi connectivity index (χ4v) is 3.91. The minimum atomic E-state index is 0.503. The van der Waals surface area contributed by atoms with Crippen LogP contribution in [0.4, 0.5) is 5.82 Å². The maximum atomic E-state index is 5.28. The van der Waals surface area contributed by atoms with Crippen LogP contribution in [0.1, 0.15) is 48.0 Å². The van der Waals surface area contributed by atoms with Gasteiger partial charge in [0.15, 0.2) is 11.5 Å². The second-order valence-corrected chi connectivity index (χ2v) is 7.92. The Morgan fingerprint density at radius 3 is 2.67 bits per heavy atom. The van der Waals surface area contributed by atoms with E-state index in [2.05, 4.69) is 38.3 Å². The molecule has 1 saturated carbocycles. The van der Waals surface area contributed by atoms with Gasteiger partial charge < -0.3 is 9.42 Å². The maximum Gasteiger partial charge on any atom is 0.178 e. The average Bonchev–Trinajstić information content (AvgIpc) is 3.10. The number of hydrogen-bond donors (Lipinski definition) is 0. The summed E-state index contributed by atoms with van der Waals surface area (Å²) in [4.78, 5) is 4.69. The summed E-state index contributed by atoms with van der Waals surface area (Å²) in [6, 6.07) is 4.58. The molecule has 1 aliphatic heterocycles. The molecule has 0 amide bonds. The molecule has 1 aliphatic carbocycles. The Kier molecular flexibility index (Phi) is 3.89. The zero-order valence-electron chi connectivity index (χ0n) is 16.1. The summed E-state index contributed by atoms with van der Waals surface area (Å²) in [6.07, 6.45) is 3.68. The fraction of sp³-hybridized carbons (Fsp3) is 0.579. The first-order valence-electron chi connectivity index (χ1n) is 9.69. The molecule has 0 atom stereocenters. The minimum absolute atomic E-state index is 0.503. The van der Waals surface area contributed by atoms with Crippen LogP contribution >= 0.6 is 0 Å². The molecule has 8 nitrogen and oxygen atoms in total. The van der Waals surface area contributed by atoms with E-state index < -0.39 is 0 Å². The fourth-order valence-electron chi connectivity index (χ4n) is 3.91. The predicted molar refractivity (Wildman–Crippen MR) is 101 cm³/mol. The highest BCUT2D eigenvalue weighted by Crippen LogP contribution is 2.35. The van der Waals surface area contributed by atoms with Crippen molar-refractivity contribution in [2.24, 2.45) is 0 Å². The van der Waals surface area contributed by atoms with E-state index in [9.17, 15) is 0 Å². The van der Waals surface area contributed by atoms with E-state index in [1.54, 1.807) is 0 Å². The van der Waals surface area contributed by atoms with Crippen molar-refractivity contribution in [3.63, 3.8) is 0 Å². The summed E-state index contributed by atoms with van der Waals surface area (Å²) in [5.74, 6) is 3.46. The molecule has 0 N–H and O–H groups in total. The Hall–Kier alpha value is -2.48. The molecule has 142 valence electrons. The number of anilines is 1. The van der Waals surface area contributed by atoms with Crippen LogP contribution in [0.15, 0.2) is 16.7 Å². The largest absolute Gasteiger partial charge is 0.361 e. The van der Waals surface area contributed by atoms with Gasteiger partial charge in [0.2, 0.25) is 0 Å². The second kappa shape index (κ2) is 6.30. The lowest BCUT2D eigenvalue weighted by Crippen LogP contribution is -2.58. The molecule has 27 heavy (non-hydrogen) atoms. The van der Waals surface area contributed by atoms with Gasteiger partial charge in [-0.05, 0) is 45.9 Å². The third-order valence-corrected chi connectivity index (χ3v) is 6.14. The van der Waals surface area contributed by atoms with E-state index in [4.69, 9.17) is 9.62 Å². The van der Waals surface area contributed by atoms with Gasteiger partial charge in [0.25, 0.3) is 0 Å². The normalized spacial score (nSPS) is 18.3. The van der Waals surface area contributed by atoms with Crippen molar-refractivity contribution in [2.75, 3.05) is 25.0 Å². The van der Waals surface area contributed by atoms with Crippen molar-refractivity contribution in [1.29, 1.82) is 0 Å². The molecule has 3 aromatic rings. The van der Waals surface area contributed by atoms with Gasteiger partial charge in [-0.15, -0.1) is 15.3 Å². The SMILES string of the molecule is Cc1noc(C)c1CN(C)C1CN(c2ccc3nnc(C4CCC4)n3n2)C1. The molecule has 8 heteroatoms. The smallest absolute Gasteiger partial charge is 0.178 e. The lowest BCUT2D eigenvalue weighted by molar-refractivity contribution is 0.195. The van der Waals surface area contributed by atoms with E-state index in [1.807, 2.05) is 24.4 Å². The average molecular weight is 367 g/mol. The number of aromatic nitrogens is 5. The molecule has 2 aliphatic rings. The summed E-state index contributed by atoms with van der Waals surface area (Å²) in [6.45, 7) is 6.79. The van der Waals surface area contributed by atoms with E-state index in [1.165, 1.54) is 24.8 Å². The van der Waals surface area contributed by atoms with Crippen molar-refractivity contribution < 1.29 is 4.52 Å². The molecule has 2 fully saturated rings. The standard InChI is InChI=1S/C19H25N7O/c1-12-16(13(2)27-23-12)11-24(3)15-9-25(10-15)18-8-7-17-20-21-19(26(17)22-18)14-5-4-6-14/h7-8,14-15H,4-6,9-11H2,1-3H3. The Balaban J connectivity index is 1.27. The van der Waals surface area contributed by atoms with Gasteiger partial charge in [0.1, 0.15) is 11.6 Å². The summed E-state index contributed by atoms with van der Waals surface area (Å²) in [7, 11) is 2.17. The summed E-state index contributed by atoms with van der Waals surface area (Å²) < 4.78 is 7.23. The third kappa shape index (κ3) is 2.79. The number of nitrogens with zero attached hydrogens (tertiary/aromatic N) is 7. The van der Waals surface area contributed by atoms with Gasteiger partial charge in [-0.2, -0.15) is 4.52 Å². The molecule has 1 saturated heterocycles. The maximum absolute atomic E-state index is 5.28. The molecule has 0 unspecified atom stereocenters. The quantitative estimate of drug-likeness (QED) is 0.685. The van der Waals surface area contributed by atoms with Crippen molar-refractivity contribution in [3.8, 4) is 0 Å². The van der Waals surface area contributed by atoms with E-state index >= 15 is 0 Å². The van der Waals surface area contributed by atoms with Crippen molar-refractivity contribution in [3.05, 3.63) is 35.0 Å². The molecule has 0 radical (unpaired) electrons. The first kappa shape index (κ1) is 16.7. The number of rotatable bonds is 5. The van der Waals surface area contributed by atoms with Crippen LogP contribution in [0.25, 0.3) is 5.65 Å². The van der Waals surface area contributed by atoms with Crippen LogP contribution in [0, 0.1) is 13.8 Å². The van der Waals surface area contributed by atoms with Crippen molar-refractivity contribution >= 4 is 11.5 Å². The number of likely N-dealkylation sites (N-methyl/N-ethyl adjacent to an activating group) is 1. The van der Waals surface area contributed by atoms with Crippen LogP contribution in [0.5, 0.6) is 0 Å². The van der Waals surface area contributed by atoms with Gasteiger partial charge >= 0.3 is 0 Å². The molecule has 3 aromatic heterocycles. The topological polar surface area (TPSA) is 75.6 Å². The highest BCUT2D eigenvalue weighted by atomic mass is 16.5. The summed E-state index contributed by atoms with van der Waals surface area (Å²) >= 11 is 0. The highest BCUT2D eigenvalue weighted by molar-refractivity contribution is 5.48. The molecular weight excluding hydrogens is 342 g/mol. The molecule has 0 aromatic carbocycles. The van der Waals surface area contributed by atoms with Gasteiger partial charge in [-0.25, -0.2) is 0 Å². The van der Waals surface area contributed by atoms with Crippen LogP contribution in [0.3, 0.4) is 0 Å². The Labute approximate surface area is 158 Å². The molecule has 0 bridgehead atoms. The van der Waals surface area contributed by atoms with Crippen molar-refractivity contribution in [1.82, 2.24) is 29.9 Å². The monoisotopic (exact) mass is 367 g/mol. The number of hydrogen-bond acceptors (Lipinski definition) is 7. The van der Waals surface area contributed by atoms with Crippen LogP contribution in [-0.4, -0.2) is 56.0 Å². The zero-order chi connectivity index (χ0) is 18.5. The molecule has 4 heterocycles. The van der Waals surface area contributed by atoms with Gasteiger partial charge in [0.05, 0.1) is 5.69 Å². The summed E-state index contributed by atoms with van der Waals surface area (Å²) in [5.41, 5.74) is 3.03. The second-order valence-electron chi connectivity index (χ2n) is 7.92. The van der Waals surface area contributed by atoms with Crippen LogP contribution < -0.4 is 4.90 Å². The first-order chi connectivity index (χ1) is 13.1. The molecule has 5 rings (SSSR count). The first-order valence-corrected chi connectivity index (χ1v) is 9.69. The van der Waals surface area contributed by atoms with Crippen LogP contribution in [0.2, 0.25) is 0 Å². The highest BCUT2D eigenvalue weighted by Gasteiger charge is 2.32. The number of aryl methyl sites for hydroxylation is 2. The van der Waals surface area contributed by atoms with E-state index in [0.29, 0.717) is 12.0 Å². The Morgan fingerprint density at radius 1 is 1.19 bits per heavy atom. The van der Waals surface area contributed by atoms with Crippen LogP contribution in [-0.2, 0) is 6.54 Å². The molecule has 0 spiro atoms. The van der Waals surface area contributed by atoms with Gasteiger partial charge in [0, 0.05) is 37.2 Å². The molecular formula is C19H25N7O. The lowest BCUT2D eigenvalue weighted by Gasteiger charge is -2.44. The summed E-state index contributed by atoms with van der Waals surface area (Å²) in [5, 5.41) is 17.5. The van der Waals surface area contributed by atoms with E-state index in [0.717, 1.165) is 48.4 Å². The predicted octanol–water partition coefficient (Wildman–Crippen LogP) is 2.32. The number of fused-ring (bicyclic) bond motifs is 1. The zero-order valence-corrected chi connectivity index (χ0v) is 16.1. The third-order valence-electron chi connectivity index (χ3n) is 6.14. The van der Waals surface area contributed by atoms with Crippen molar-refractivity contribution in [2.45, 2.75) is 51.6 Å². The van der Waals surface area contributed by atoms with Gasteiger partial charge in [-0.3, -0.25) is 4.90 Å². The minimum Gasteiger partial charge on any atom is -0.361 e. The Morgan fingerprint density at radius 2 is 2.00 bits per heavy atom. The lowest BCUT2D eigenvalue weighted by atomic mass is 9.85. The Bertz CT molecular complexity index is 948. The van der Waals surface area contributed by atoms with Gasteiger partial charge in [-0.1, -0.05) is 11.6 Å². The van der Waals surface area contributed by atoms with E-state index in [-0.39, 0.29) is 0 Å².